The molecule has 9 nitrogen and oxygen atoms in total. The summed E-state index contributed by atoms with van der Waals surface area (Å²) in [5, 5.41) is 6.18. The van der Waals surface area contributed by atoms with Crippen LogP contribution >= 0.6 is 0 Å². The van der Waals surface area contributed by atoms with Gasteiger partial charge >= 0.3 is 0 Å². The van der Waals surface area contributed by atoms with Crippen molar-refractivity contribution in [2.75, 3.05) is 33.3 Å². The molecule has 226 valence electrons. The number of carbonyl (C=O) groups is 2. The van der Waals surface area contributed by atoms with E-state index in [1.807, 2.05) is 11.0 Å². The number of para-hydroxylation sites is 1. The summed E-state index contributed by atoms with van der Waals surface area (Å²) >= 11 is 0. The van der Waals surface area contributed by atoms with Crippen LogP contribution in [-0.4, -0.2) is 87.4 Å². The fraction of sp³-hybridized carbons (Fsp3) is 0.485. The molecule has 4 aromatic rings. The van der Waals surface area contributed by atoms with E-state index in [2.05, 4.69) is 35.8 Å². The third-order valence-electron chi connectivity index (χ3n) is 9.51. The van der Waals surface area contributed by atoms with Crippen molar-refractivity contribution in [3.63, 3.8) is 0 Å². The minimum atomic E-state index is -1.11. The molecule has 10 heteroatoms. The summed E-state index contributed by atoms with van der Waals surface area (Å²) in [5.74, 6) is 0.710. The number of methoxy groups -OCH3 is 1. The van der Waals surface area contributed by atoms with Crippen molar-refractivity contribution >= 4 is 28.2 Å². The third-order valence-corrected chi connectivity index (χ3v) is 9.51. The maximum Gasteiger partial charge on any atom is 0.255 e. The monoisotopic (exact) mass is 586 g/mol. The van der Waals surface area contributed by atoms with Crippen molar-refractivity contribution in [3.8, 4) is 11.4 Å². The Morgan fingerprint density at radius 1 is 1.12 bits per heavy atom. The molecular weight excluding hydrogens is 547 g/mol. The van der Waals surface area contributed by atoms with Crippen LogP contribution in [0.4, 0.5) is 4.39 Å². The van der Waals surface area contributed by atoms with E-state index in [0.29, 0.717) is 31.1 Å². The number of nitrogens with zero attached hydrogens (tertiary/aromatic N) is 5. The zero-order chi connectivity index (χ0) is 30.0. The SMILES string of the molecule is COC(C)C(=O)N1CC(c2cccc3cc(-c4nn5cc(C(=O)N6C[C@H](N)C[C@@H](F)C6)ccc5c4C)n(CC4CC4)c23)C1. The quantitative estimate of drug-likeness (QED) is 0.351. The van der Waals surface area contributed by atoms with Crippen molar-refractivity contribution in [3.05, 3.63) is 59.3 Å². The first-order chi connectivity index (χ1) is 20.7. The summed E-state index contributed by atoms with van der Waals surface area (Å²) in [4.78, 5) is 29.3. The number of hydrogen-bond acceptors (Lipinski definition) is 5. The molecule has 2 saturated heterocycles. The number of alkyl halides is 1. The lowest BCUT2D eigenvalue weighted by Crippen LogP contribution is -2.52. The van der Waals surface area contributed by atoms with E-state index < -0.39 is 12.3 Å². The van der Waals surface area contributed by atoms with Crippen LogP contribution in [0.5, 0.6) is 0 Å². The van der Waals surface area contributed by atoms with E-state index in [4.69, 9.17) is 15.6 Å². The molecule has 1 saturated carbocycles. The number of aryl methyl sites for hydroxylation is 1. The molecule has 3 atom stereocenters. The molecule has 1 aliphatic carbocycles. The highest BCUT2D eigenvalue weighted by atomic mass is 19.1. The Balaban J connectivity index is 1.25. The van der Waals surface area contributed by atoms with Crippen LogP contribution in [-0.2, 0) is 16.1 Å². The Morgan fingerprint density at radius 3 is 2.63 bits per heavy atom. The molecule has 0 radical (unpaired) electrons. The van der Waals surface area contributed by atoms with E-state index in [9.17, 15) is 14.0 Å². The lowest BCUT2D eigenvalue weighted by atomic mass is 9.89. The van der Waals surface area contributed by atoms with Gasteiger partial charge in [-0.1, -0.05) is 18.2 Å². The summed E-state index contributed by atoms with van der Waals surface area (Å²) < 4.78 is 23.6. The Hall–Kier alpha value is -3.76. The zero-order valence-electron chi connectivity index (χ0n) is 25.0. The average Bonchev–Trinajstić information content (AvgIpc) is 3.63. The van der Waals surface area contributed by atoms with Gasteiger partial charge in [-0.05, 0) is 62.8 Å². The number of hydrogen-bond donors (Lipinski definition) is 1. The van der Waals surface area contributed by atoms with Gasteiger partial charge < -0.3 is 24.8 Å². The second-order valence-electron chi connectivity index (χ2n) is 12.7. The fourth-order valence-corrected chi connectivity index (χ4v) is 6.81. The predicted molar refractivity (Wildman–Crippen MR) is 163 cm³/mol. The number of rotatable bonds is 7. The maximum absolute atomic E-state index is 14.2. The molecule has 1 unspecified atom stereocenters. The van der Waals surface area contributed by atoms with E-state index in [1.54, 1.807) is 30.8 Å². The zero-order valence-corrected chi connectivity index (χ0v) is 25.0. The van der Waals surface area contributed by atoms with Gasteiger partial charge in [-0.15, -0.1) is 0 Å². The highest BCUT2D eigenvalue weighted by Gasteiger charge is 2.36. The van der Waals surface area contributed by atoms with Gasteiger partial charge in [-0.3, -0.25) is 9.59 Å². The van der Waals surface area contributed by atoms with Crippen molar-refractivity contribution in [1.82, 2.24) is 24.0 Å². The van der Waals surface area contributed by atoms with Gasteiger partial charge in [0, 0.05) is 62.4 Å². The van der Waals surface area contributed by atoms with Crippen LogP contribution in [0.2, 0.25) is 0 Å². The molecule has 0 spiro atoms. The largest absolute Gasteiger partial charge is 0.372 e. The highest BCUT2D eigenvalue weighted by molar-refractivity contribution is 5.95. The standard InChI is InChI=1S/C33H39FN6O3/c1-19-28-10-9-23(33(42)38-17-25(34)12-26(35)18-38)16-40(28)36-30(19)29-11-22-5-4-6-27(31(22)39(29)13-21-7-8-21)24-14-37(15-24)32(41)20(2)43-3/h4-6,9-11,16,20-21,24-26H,7-8,12-15,17-18,35H2,1-3H3/t20?,25-,26-/m1/s1. The minimum absolute atomic E-state index is 0.0331. The fourth-order valence-electron chi connectivity index (χ4n) is 6.81. The summed E-state index contributed by atoms with van der Waals surface area (Å²) in [6, 6.07) is 12.1. The van der Waals surface area contributed by atoms with E-state index >= 15 is 0 Å². The van der Waals surface area contributed by atoms with Crippen molar-refractivity contribution in [1.29, 1.82) is 0 Å². The normalized spacial score (nSPS) is 21.9. The van der Waals surface area contributed by atoms with Gasteiger partial charge in [0.1, 0.15) is 18.0 Å². The number of fused-ring (bicyclic) bond motifs is 2. The number of nitrogens with two attached hydrogens (primary N) is 1. The second kappa shape index (κ2) is 10.7. The lowest BCUT2D eigenvalue weighted by molar-refractivity contribution is -0.145. The molecule has 2 amide bonds. The number of carbonyl (C=O) groups excluding carboxylic acids is 2. The van der Waals surface area contributed by atoms with E-state index in [1.165, 1.54) is 28.8 Å². The van der Waals surface area contributed by atoms with Crippen LogP contribution in [0.3, 0.4) is 0 Å². The van der Waals surface area contributed by atoms with E-state index in [-0.39, 0.29) is 36.7 Å². The number of amides is 2. The van der Waals surface area contributed by atoms with Gasteiger partial charge in [0.15, 0.2) is 0 Å². The Kier molecular flexibility index (Phi) is 7.01. The third kappa shape index (κ3) is 5.00. The summed E-state index contributed by atoms with van der Waals surface area (Å²) in [6.45, 7) is 6.57. The molecule has 1 aromatic carbocycles. The smallest absolute Gasteiger partial charge is 0.255 e. The molecule has 2 aliphatic heterocycles. The van der Waals surface area contributed by atoms with Gasteiger partial charge in [0.05, 0.1) is 28.8 Å². The van der Waals surface area contributed by atoms with Crippen molar-refractivity contribution in [2.45, 2.75) is 63.9 Å². The summed E-state index contributed by atoms with van der Waals surface area (Å²) in [7, 11) is 1.57. The predicted octanol–water partition coefficient (Wildman–Crippen LogP) is 4.15. The van der Waals surface area contributed by atoms with Crippen LogP contribution in [0, 0.1) is 12.8 Å². The van der Waals surface area contributed by atoms with Crippen LogP contribution in [0.25, 0.3) is 27.8 Å². The Bertz CT molecular complexity index is 1710. The first-order valence-corrected chi connectivity index (χ1v) is 15.3. The number of benzene rings is 1. The van der Waals surface area contributed by atoms with Crippen LogP contribution < -0.4 is 5.73 Å². The summed E-state index contributed by atoms with van der Waals surface area (Å²) in [5.41, 5.74) is 12.9. The van der Waals surface area contributed by atoms with Crippen LogP contribution in [0.1, 0.15) is 53.6 Å². The van der Waals surface area contributed by atoms with Crippen LogP contribution in [0.15, 0.2) is 42.6 Å². The second-order valence-corrected chi connectivity index (χ2v) is 12.7. The molecule has 5 heterocycles. The summed E-state index contributed by atoms with van der Waals surface area (Å²) in [6.07, 6.45) is 2.93. The van der Waals surface area contributed by atoms with Gasteiger partial charge in [0.2, 0.25) is 0 Å². The molecular formula is C33H39FN6O3. The molecule has 43 heavy (non-hydrogen) atoms. The topological polar surface area (TPSA) is 98.1 Å². The molecule has 3 aromatic heterocycles. The number of halogens is 1. The van der Waals surface area contributed by atoms with E-state index in [0.717, 1.165) is 34.4 Å². The first kappa shape index (κ1) is 28.0. The molecule has 3 fully saturated rings. The highest BCUT2D eigenvalue weighted by Crippen LogP contribution is 2.41. The molecule has 0 bridgehead atoms. The Morgan fingerprint density at radius 2 is 1.91 bits per heavy atom. The van der Waals surface area contributed by atoms with Gasteiger partial charge in [-0.2, -0.15) is 5.10 Å². The molecule has 2 N–H and O–H groups in total. The minimum Gasteiger partial charge on any atom is -0.372 e. The van der Waals surface area contributed by atoms with Gasteiger partial charge in [-0.25, -0.2) is 8.91 Å². The Labute approximate surface area is 250 Å². The number of pyridine rings is 1. The van der Waals surface area contributed by atoms with Crippen molar-refractivity contribution in [2.24, 2.45) is 11.7 Å². The first-order valence-electron chi connectivity index (χ1n) is 15.3. The van der Waals surface area contributed by atoms with Gasteiger partial charge in [0.25, 0.3) is 11.8 Å². The number of aromatic nitrogens is 3. The number of ether oxygens (including phenoxy) is 1. The maximum atomic E-state index is 14.2. The number of likely N-dealkylation sites (tertiary alicyclic amines) is 2. The number of piperidine rings is 1. The van der Waals surface area contributed by atoms with Crippen molar-refractivity contribution < 1.29 is 18.7 Å². The molecule has 7 rings (SSSR count). The lowest BCUT2D eigenvalue weighted by Gasteiger charge is -2.41. The average molecular weight is 587 g/mol. The molecule has 3 aliphatic rings.